The molecular weight excluding hydrogens is 204 g/mol. The highest BCUT2D eigenvalue weighted by Gasteiger charge is 2.27. The highest BCUT2D eigenvalue weighted by atomic mass is 16.2. The summed E-state index contributed by atoms with van der Waals surface area (Å²) in [4.78, 5) is 11.3. The van der Waals surface area contributed by atoms with Crippen LogP contribution in [-0.4, -0.2) is 22.4 Å². The largest absolute Gasteiger partial charge is 0.369 e. The van der Waals surface area contributed by atoms with E-state index >= 15 is 0 Å². The second-order valence-electron chi connectivity index (χ2n) is 4.15. The first-order chi connectivity index (χ1) is 7.69. The fraction of sp³-hybridized carbons (Fsp3) is 0.636. The molecule has 0 aliphatic carbocycles. The van der Waals surface area contributed by atoms with Gasteiger partial charge < -0.3 is 11.1 Å². The Morgan fingerprint density at radius 1 is 1.56 bits per heavy atom. The van der Waals surface area contributed by atoms with Crippen molar-refractivity contribution in [3.05, 3.63) is 11.3 Å². The maximum atomic E-state index is 11.3. The second-order valence-corrected chi connectivity index (χ2v) is 4.15. The maximum absolute atomic E-state index is 11.3. The summed E-state index contributed by atoms with van der Waals surface area (Å²) >= 11 is 0. The van der Waals surface area contributed by atoms with Gasteiger partial charge in [0.1, 0.15) is 5.82 Å². The van der Waals surface area contributed by atoms with Crippen LogP contribution in [0.3, 0.4) is 0 Å². The molecule has 3 N–H and O–H groups in total. The van der Waals surface area contributed by atoms with Crippen molar-refractivity contribution in [1.82, 2.24) is 9.78 Å². The van der Waals surface area contributed by atoms with E-state index in [2.05, 4.69) is 24.3 Å². The number of fused-ring (bicyclic) bond motifs is 1. The van der Waals surface area contributed by atoms with Crippen molar-refractivity contribution in [2.24, 2.45) is 5.73 Å². The van der Waals surface area contributed by atoms with E-state index in [1.54, 1.807) is 0 Å². The molecule has 2 rings (SSSR count). The minimum atomic E-state index is -0.511. The van der Waals surface area contributed by atoms with Crippen LogP contribution in [0.4, 0.5) is 10.6 Å². The monoisotopic (exact) mass is 222 g/mol. The van der Waals surface area contributed by atoms with E-state index in [0.29, 0.717) is 5.92 Å². The average Bonchev–Trinajstić information content (AvgIpc) is 2.82. The lowest BCUT2D eigenvalue weighted by molar-refractivity contribution is 0.248. The number of carbonyl (C=O) groups excluding carboxylic acids is 1. The van der Waals surface area contributed by atoms with Crippen molar-refractivity contribution in [2.45, 2.75) is 39.0 Å². The van der Waals surface area contributed by atoms with Crippen LogP contribution in [-0.2, 0) is 6.42 Å². The van der Waals surface area contributed by atoms with E-state index in [-0.39, 0.29) is 0 Å². The predicted octanol–water partition coefficient (Wildman–Crippen LogP) is 1.68. The normalized spacial score (nSPS) is 13.9. The molecule has 5 nitrogen and oxygen atoms in total. The van der Waals surface area contributed by atoms with E-state index in [9.17, 15) is 4.79 Å². The van der Waals surface area contributed by atoms with Gasteiger partial charge in [0, 0.05) is 18.0 Å². The lowest BCUT2D eigenvalue weighted by Crippen LogP contribution is -2.22. The fourth-order valence-electron chi connectivity index (χ4n) is 2.36. The van der Waals surface area contributed by atoms with Crippen molar-refractivity contribution in [3.8, 4) is 0 Å². The number of rotatable bonds is 3. The molecule has 0 spiro atoms. The minimum absolute atomic E-state index is 0.425. The number of aromatic nitrogens is 2. The molecule has 1 amide bonds. The van der Waals surface area contributed by atoms with Gasteiger partial charge in [-0.25, -0.2) is 4.79 Å². The van der Waals surface area contributed by atoms with Crippen molar-refractivity contribution in [1.29, 1.82) is 0 Å². The fourth-order valence-corrected chi connectivity index (χ4v) is 2.36. The lowest BCUT2D eigenvalue weighted by Gasteiger charge is -2.10. The maximum Gasteiger partial charge on any atom is 0.341 e. The highest BCUT2D eigenvalue weighted by molar-refractivity contribution is 5.79. The molecule has 0 saturated heterocycles. The molecule has 2 heterocycles. The Labute approximate surface area is 95.0 Å². The standard InChI is InChI=1S/C11H18N4O/c1-3-7(4-2)9-8-5-6-13-10(8)15(14-9)11(12)16/h7,13H,3-6H2,1-2H3,(H2,12,16). The highest BCUT2D eigenvalue weighted by Crippen LogP contribution is 2.33. The molecule has 0 atom stereocenters. The zero-order valence-electron chi connectivity index (χ0n) is 9.79. The molecule has 5 heteroatoms. The van der Waals surface area contributed by atoms with Gasteiger partial charge in [0.25, 0.3) is 0 Å². The van der Waals surface area contributed by atoms with Gasteiger partial charge in [-0.2, -0.15) is 9.78 Å². The molecule has 0 saturated carbocycles. The van der Waals surface area contributed by atoms with Crippen molar-refractivity contribution < 1.29 is 4.79 Å². The van der Waals surface area contributed by atoms with Crippen molar-refractivity contribution in [3.63, 3.8) is 0 Å². The Morgan fingerprint density at radius 2 is 2.25 bits per heavy atom. The Balaban J connectivity index is 2.47. The molecule has 1 aromatic rings. The average molecular weight is 222 g/mol. The number of primary amides is 1. The number of nitrogens with zero attached hydrogens (tertiary/aromatic N) is 2. The lowest BCUT2D eigenvalue weighted by atomic mass is 9.96. The van der Waals surface area contributed by atoms with Crippen LogP contribution < -0.4 is 11.1 Å². The third-order valence-corrected chi connectivity index (χ3v) is 3.26. The molecule has 1 aliphatic heterocycles. The molecule has 0 fully saturated rings. The number of amides is 1. The number of hydrogen-bond acceptors (Lipinski definition) is 3. The topological polar surface area (TPSA) is 72.9 Å². The number of carbonyl (C=O) groups is 1. The molecule has 0 radical (unpaired) electrons. The zero-order valence-corrected chi connectivity index (χ0v) is 9.79. The SMILES string of the molecule is CCC(CC)c1nn(C(N)=O)c2c1CCN2. The van der Waals surface area contributed by atoms with Crippen LogP contribution in [0.25, 0.3) is 0 Å². The number of nitrogens with one attached hydrogen (secondary N) is 1. The van der Waals surface area contributed by atoms with Crippen molar-refractivity contribution >= 4 is 11.8 Å². The van der Waals surface area contributed by atoms with Crippen LogP contribution in [0.2, 0.25) is 0 Å². The first-order valence-corrected chi connectivity index (χ1v) is 5.84. The van der Waals surface area contributed by atoms with Crippen LogP contribution >= 0.6 is 0 Å². The Kier molecular flexibility index (Phi) is 2.85. The number of anilines is 1. The summed E-state index contributed by atoms with van der Waals surface area (Å²) in [6.45, 7) is 5.16. The summed E-state index contributed by atoms with van der Waals surface area (Å²) in [5.41, 5.74) is 7.52. The van der Waals surface area contributed by atoms with Gasteiger partial charge in [-0.05, 0) is 19.3 Å². The van der Waals surface area contributed by atoms with Crippen LogP contribution in [0.15, 0.2) is 0 Å². The van der Waals surface area contributed by atoms with Gasteiger partial charge in [0.2, 0.25) is 0 Å². The van der Waals surface area contributed by atoms with Crippen LogP contribution in [0.1, 0.15) is 43.9 Å². The molecule has 88 valence electrons. The molecule has 16 heavy (non-hydrogen) atoms. The molecule has 0 unspecified atom stereocenters. The van der Waals surface area contributed by atoms with Gasteiger partial charge in [0.05, 0.1) is 5.69 Å². The van der Waals surface area contributed by atoms with E-state index in [4.69, 9.17) is 5.73 Å². The van der Waals surface area contributed by atoms with E-state index in [0.717, 1.165) is 37.3 Å². The van der Waals surface area contributed by atoms with Gasteiger partial charge in [-0.1, -0.05) is 13.8 Å². The van der Waals surface area contributed by atoms with Gasteiger partial charge in [-0.15, -0.1) is 0 Å². The molecule has 0 bridgehead atoms. The summed E-state index contributed by atoms with van der Waals surface area (Å²) in [5, 5.41) is 7.53. The van der Waals surface area contributed by atoms with Gasteiger partial charge in [0.15, 0.2) is 0 Å². The predicted molar refractivity (Wildman–Crippen MR) is 62.7 cm³/mol. The van der Waals surface area contributed by atoms with E-state index < -0.39 is 6.03 Å². The Hall–Kier alpha value is -1.52. The van der Waals surface area contributed by atoms with E-state index in [1.165, 1.54) is 10.2 Å². The van der Waals surface area contributed by atoms with E-state index in [1.807, 2.05) is 0 Å². The first-order valence-electron chi connectivity index (χ1n) is 5.84. The van der Waals surface area contributed by atoms with Crippen LogP contribution in [0.5, 0.6) is 0 Å². The second kappa shape index (κ2) is 4.15. The quantitative estimate of drug-likeness (QED) is 0.817. The van der Waals surface area contributed by atoms with Crippen molar-refractivity contribution in [2.75, 3.05) is 11.9 Å². The zero-order chi connectivity index (χ0) is 11.7. The molecule has 0 aromatic carbocycles. The summed E-state index contributed by atoms with van der Waals surface area (Å²) in [6.07, 6.45) is 3.02. The smallest absolute Gasteiger partial charge is 0.341 e. The summed E-state index contributed by atoms with van der Waals surface area (Å²) in [7, 11) is 0. The summed E-state index contributed by atoms with van der Waals surface area (Å²) < 4.78 is 1.30. The minimum Gasteiger partial charge on any atom is -0.369 e. The third kappa shape index (κ3) is 1.56. The summed E-state index contributed by atoms with van der Waals surface area (Å²) in [6, 6.07) is -0.511. The Bertz CT molecular complexity index is 406. The number of hydrogen-bond donors (Lipinski definition) is 2. The molecule has 1 aromatic heterocycles. The molecule has 1 aliphatic rings. The first kappa shape index (κ1) is 11.0. The van der Waals surface area contributed by atoms with Gasteiger partial charge >= 0.3 is 6.03 Å². The van der Waals surface area contributed by atoms with Crippen LogP contribution in [0, 0.1) is 0 Å². The third-order valence-electron chi connectivity index (χ3n) is 3.26. The number of nitrogens with two attached hydrogens (primary N) is 1. The molecular formula is C11H18N4O. The van der Waals surface area contributed by atoms with Gasteiger partial charge in [-0.3, -0.25) is 0 Å². The summed E-state index contributed by atoms with van der Waals surface area (Å²) in [5.74, 6) is 1.23. The Morgan fingerprint density at radius 3 is 2.81 bits per heavy atom.